The monoisotopic (exact) mass is 368 g/mol. The largest absolute Gasteiger partial charge is 0.460 e. The molecule has 22 heavy (non-hydrogen) atoms. The van der Waals surface area contributed by atoms with Crippen molar-refractivity contribution in [2.75, 3.05) is 0 Å². The normalized spacial score (nSPS) is 22.1. The highest BCUT2D eigenvalue weighted by atomic mass is 35.5. The van der Waals surface area contributed by atoms with Crippen molar-refractivity contribution in [3.05, 3.63) is 44.9 Å². The molecule has 0 spiro atoms. The summed E-state index contributed by atoms with van der Waals surface area (Å²) in [7, 11) is 0. The van der Waals surface area contributed by atoms with Gasteiger partial charge in [-0.15, -0.1) is 0 Å². The molecule has 0 bridgehead atoms. The number of rotatable bonds is 4. The van der Waals surface area contributed by atoms with Crippen LogP contribution in [0.25, 0.3) is 0 Å². The van der Waals surface area contributed by atoms with Gasteiger partial charge in [0.2, 0.25) is 0 Å². The number of allylic oxidation sites excluding steroid dienone is 1. The van der Waals surface area contributed by atoms with Gasteiger partial charge in [0.05, 0.1) is 5.92 Å². The maximum atomic E-state index is 13.6. The average Bonchev–Trinajstić information content (AvgIpc) is 2.92. The molecule has 2 rings (SSSR count). The van der Waals surface area contributed by atoms with E-state index >= 15 is 0 Å². The van der Waals surface area contributed by atoms with Crippen LogP contribution in [0, 0.1) is 28.9 Å². The zero-order chi connectivity index (χ0) is 16.7. The highest BCUT2D eigenvalue weighted by Gasteiger charge is 2.61. The second kappa shape index (κ2) is 6.34. The molecule has 0 heterocycles. The molecule has 0 aromatic heterocycles. The Hall–Kier alpha value is -0.840. The highest BCUT2D eigenvalue weighted by molar-refractivity contribution is 6.55. The molecule has 7 heteroatoms. The summed E-state index contributed by atoms with van der Waals surface area (Å²) < 4.78 is 32.0. The van der Waals surface area contributed by atoms with Crippen molar-refractivity contribution < 1.29 is 18.3 Å². The molecule has 2 atom stereocenters. The maximum Gasteiger partial charge on any atom is 0.310 e. The van der Waals surface area contributed by atoms with Gasteiger partial charge in [-0.05, 0) is 29.5 Å². The van der Waals surface area contributed by atoms with E-state index in [-0.39, 0.29) is 33.0 Å². The van der Waals surface area contributed by atoms with E-state index < -0.39 is 23.5 Å². The summed E-state index contributed by atoms with van der Waals surface area (Å²) in [5.41, 5.74) is -0.455. The summed E-state index contributed by atoms with van der Waals surface area (Å²) in [6.45, 7) is 3.35. The predicted octanol–water partition coefficient (Wildman–Crippen LogP) is 5.25. The number of carbonyl (C=O) groups excluding carboxylic acids is 1. The van der Waals surface area contributed by atoms with Crippen molar-refractivity contribution in [2.45, 2.75) is 20.5 Å². The van der Waals surface area contributed by atoms with Gasteiger partial charge in [-0.2, -0.15) is 0 Å². The van der Waals surface area contributed by atoms with Gasteiger partial charge in [0.25, 0.3) is 0 Å². The Kier molecular flexibility index (Phi) is 5.05. The van der Waals surface area contributed by atoms with Crippen LogP contribution >= 0.6 is 34.8 Å². The Balaban J connectivity index is 2.04. The fourth-order valence-corrected chi connectivity index (χ4v) is 3.03. The molecule has 1 aromatic rings. The second-order valence-corrected chi connectivity index (χ2v) is 7.19. The Labute approximate surface area is 142 Å². The van der Waals surface area contributed by atoms with E-state index in [1.54, 1.807) is 6.08 Å². The number of benzene rings is 1. The molecular weight excluding hydrogens is 357 g/mol. The zero-order valence-corrected chi connectivity index (χ0v) is 14.1. The SMILES string of the molecule is CC1(C)C(C=C(Cl)Cl)C1C(=O)OCc1cc(Cl)cc(F)c1F. The fraction of sp³-hybridized carbons (Fsp3) is 0.400. The summed E-state index contributed by atoms with van der Waals surface area (Å²) in [6, 6.07) is 2.08. The van der Waals surface area contributed by atoms with Crippen molar-refractivity contribution in [3.8, 4) is 0 Å². The van der Waals surface area contributed by atoms with Crippen molar-refractivity contribution in [2.24, 2.45) is 17.3 Å². The smallest absolute Gasteiger partial charge is 0.310 e. The lowest BCUT2D eigenvalue weighted by Crippen LogP contribution is -2.11. The van der Waals surface area contributed by atoms with E-state index in [4.69, 9.17) is 39.5 Å². The van der Waals surface area contributed by atoms with Crippen LogP contribution in [0.2, 0.25) is 5.02 Å². The van der Waals surface area contributed by atoms with Gasteiger partial charge in [0.1, 0.15) is 11.1 Å². The Morgan fingerprint density at radius 2 is 2.00 bits per heavy atom. The van der Waals surface area contributed by atoms with Crippen molar-refractivity contribution in [3.63, 3.8) is 0 Å². The highest BCUT2D eigenvalue weighted by Crippen LogP contribution is 2.60. The first kappa shape index (κ1) is 17.5. The fourth-order valence-electron chi connectivity index (χ4n) is 2.53. The van der Waals surface area contributed by atoms with Crippen LogP contribution in [0.4, 0.5) is 8.78 Å². The summed E-state index contributed by atoms with van der Waals surface area (Å²) in [4.78, 5) is 12.1. The Bertz CT molecular complexity index is 640. The van der Waals surface area contributed by atoms with Gasteiger partial charge in [0, 0.05) is 10.6 Å². The molecule has 0 N–H and O–H groups in total. The van der Waals surface area contributed by atoms with Gasteiger partial charge in [-0.1, -0.05) is 48.7 Å². The summed E-state index contributed by atoms with van der Waals surface area (Å²) >= 11 is 16.9. The zero-order valence-electron chi connectivity index (χ0n) is 11.8. The molecule has 1 aliphatic rings. The van der Waals surface area contributed by atoms with Gasteiger partial charge in [0.15, 0.2) is 11.6 Å². The topological polar surface area (TPSA) is 26.3 Å². The molecule has 0 amide bonds. The molecule has 120 valence electrons. The van der Waals surface area contributed by atoms with Crippen molar-refractivity contribution >= 4 is 40.8 Å². The second-order valence-electron chi connectivity index (χ2n) is 5.75. The lowest BCUT2D eigenvalue weighted by atomic mass is 10.1. The lowest BCUT2D eigenvalue weighted by Gasteiger charge is -2.08. The summed E-state index contributed by atoms with van der Waals surface area (Å²) in [5.74, 6) is -3.24. The van der Waals surface area contributed by atoms with Crippen LogP contribution in [0.5, 0.6) is 0 Å². The molecule has 2 unspecified atom stereocenters. The molecule has 0 saturated heterocycles. The molecule has 1 aliphatic carbocycles. The molecule has 1 saturated carbocycles. The standard InChI is InChI=1S/C15H13Cl3F2O2/c1-15(2)9(5-11(17)18)12(15)14(21)22-6-7-3-8(16)4-10(19)13(7)20/h3-5,9,12H,6H2,1-2H3. The first-order chi connectivity index (χ1) is 10.1. The van der Waals surface area contributed by atoms with Gasteiger partial charge < -0.3 is 4.74 Å². The third kappa shape index (κ3) is 3.55. The lowest BCUT2D eigenvalue weighted by molar-refractivity contribution is -0.147. The summed E-state index contributed by atoms with van der Waals surface area (Å²) in [6.07, 6.45) is 1.58. The van der Waals surface area contributed by atoms with Crippen LogP contribution in [0.3, 0.4) is 0 Å². The van der Waals surface area contributed by atoms with E-state index in [0.29, 0.717) is 0 Å². The van der Waals surface area contributed by atoms with E-state index in [2.05, 4.69) is 0 Å². The minimum Gasteiger partial charge on any atom is -0.460 e. The third-order valence-electron chi connectivity index (χ3n) is 3.91. The molecule has 0 radical (unpaired) electrons. The minimum atomic E-state index is -1.08. The van der Waals surface area contributed by atoms with Gasteiger partial charge in [-0.3, -0.25) is 4.79 Å². The number of ether oxygens (including phenoxy) is 1. The first-order valence-corrected chi connectivity index (χ1v) is 7.61. The number of hydrogen-bond donors (Lipinski definition) is 0. The van der Waals surface area contributed by atoms with Crippen LogP contribution in [0.1, 0.15) is 19.4 Å². The molecule has 1 fully saturated rings. The average molecular weight is 370 g/mol. The van der Waals surface area contributed by atoms with Crippen LogP contribution < -0.4 is 0 Å². The third-order valence-corrected chi connectivity index (χ3v) is 4.38. The summed E-state index contributed by atoms with van der Waals surface area (Å²) in [5, 5.41) is 0.0337. The Morgan fingerprint density at radius 1 is 1.36 bits per heavy atom. The van der Waals surface area contributed by atoms with E-state index in [1.807, 2.05) is 13.8 Å². The predicted molar refractivity (Wildman–Crippen MR) is 81.7 cm³/mol. The molecule has 2 nitrogen and oxygen atoms in total. The minimum absolute atomic E-state index is 0.0337. The van der Waals surface area contributed by atoms with E-state index in [1.165, 1.54) is 6.07 Å². The van der Waals surface area contributed by atoms with E-state index in [0.717, 1.165) is 6.07 Å². The van der Waals surface area contributed by atoms with Crippen molar-refractivity contribution in [1.29, 1.82) is 0 Å². The molecule has 1 aromatic carbocycles. The number of hydrogen-bond acceptors (Lipinski definition) is 2. The number of halogens is 5. The Morgan fingerprint density at radius 3 is 2.59 bits per heavy atom. The first-order valence-electron chi connectivity index (χ1n) is 6.47. The molecular formula is C15H13Cl3F2O2. The van der Waals surface area contributed by atoms with Crippen LogP contribution in [0.15, 0.2) is 22.7 Å². The van der Waals surface area contributed by atoms with Gasteiger partial charge in [-0.25, -0.2) is 8.78 Å². The number of esters is 1. The van der Waals surface area contributed by atoms with Crippen LogP contribution in [-0.2, 0) is 16.1 Å². The quantitative estimate of drug-likeness (QED) is 0.535. The number of carbonyl (C=O) groups is 1. The van der Waals surface area contributed by atoms with E-state index in [9.17, 15) is 13.6 Å². The van der Waals surface area contributed by atoms with Gasteiger partial charge >= 0.3 is 5.97 Å². The van der Waals surface area contributed by atoms with Crippen molar-refractivity contribution in [1.82, 2.24) is 0 Å². The molecule has 0 aliphatic heterocycles. The van der Waals surface area contributed by atoms with Crippen LogP contribution in [-0.4, -0.2) is 5.97 Å². The maximum absolute atomic E-state index is 13.6.